The molecule has 2 aromatic carbocycles. The minimum Gasteiger partial charge on any atom is -0.466 e. The molecule has 1 amide bonds. The Morgan fingerprint density at radius 2 is 1.61 bits per heavy atom. The monoisotopic (exact) mass is 435 g/mol. The number of nitrogens with zero attached hydrogens (tertiary/aromatic N) is 1. The predicted octanol–water partition coefficient (Wildman–Crippen LogP) is 4.19. The Balaban J connectivity index is 2.36. The number of hydrogen-bond donors (Lipinski definition) is 1. The van der Waals surface area contributed by atoms with Crippen LogP contribution in [0.5, 0.6) is 0 Å². The Morgan fingerprint density at radius 3 is 2.07 bits per heavy atom. The Labute approximate surface area is 168 Å². The largest absolute Gasteiger partial charge is 0.466 e. The first-order chi connectivity index (χ1) is 12.9. The number of halogens is 5. The molecule has 0 aliphatic rings. The van der Waals surface area contributed by atoms with Gasteiger partial charge in [-0.05, 0) is 30.3 Å². The summed E-state index contributed by atoms with van der Waals surface area (Å²) < 4.78 is 43.9. The molecule has 0 spiro atoms. The molecule has 0 aliphatic heterocycles. The molecule has 5 nitrogen and oxygen atoms in total. The van der Waals surface area contributed by atoms with Gasteiger partial charge in [-0.1, -0.05) is 35.3 Å². The number of esters is 1. The smallest absolute Gasteiger partial charge is 0.432 e. The SMILES string of the molecule is COC(=O)[C@@](O)(c1ccc(N(C)C(=O)c2ccc(Cl)c(Cl)c2)cc1)C(F)(F)F. The van der Waals surface area contributed by atoms with E-state index in [4.69, 9.17) is 23.2 Å². The van der Waals surface area contributed by atoms with Crippen LogP contribution < -0.4 is 4.90 Å². The van der Waals surface area contributed by atoms with Crippen LogP contribution in [0.25, 0.3) is 0 Å². The van der Waals surface area contributed by atoms with E-state index >= 15 is 0 Å². The summed E-state index contributed by atoms with van der Waals surface area (Å²) in [4.78, 5) is 25.3. The van der Waals surface area contributed by atoms with E-state index in [2.05, 4.69) is 4.74 Å². The summed E-state index contributed by atoms with van der Waals surface area (Å²) in [6.07, 6.45) is -5.30. The molecule has 0 saturated heterocycles. The van der Waals surface area contributed by atoms with Crippen LogP contribution in [-0.4, -0.2) is 37.3 Å². The zero-order valence-electron chi connectivity index (χ0n) is 14.6. The number of benzene rings is 2. The molecule has 2 rings (SSSR count). The van der Waals surface area contributed by atoms with Crippen molar-refractivity contribution in [2.75, 3.05) is 19.1 Å². The molecule has 28 heavy (non-hydrogen) atoms. The van der Waals surface area contributed by atoms with E-state index in [-0.39, 0.29) is 21.3 Å². The molecule has 150 valence electrons. The van der Waals surface area contributed by atoms with E-state index in [0.717, 1.165) is 36.3 Å². The molecule has 0 aromatic heterocycles. The molecule has 1 N–H and O–H groups in total. The fourth-order valence-corrected chi connectivity index (χ4v) is 2.71. The van der Waals surface area contributed by atoms with Crippen LogP contribution in [0.1, 0.15) is 15.9 Å². The second kappa shape index (κ2) is 7.98. The lowest BCUT2D eigenvalue weighted by atomic mass is 9.93. The van der Waals surface area contributed by atoms with Gasteiger partial charge in [0, 0.05) is 23.9 Å². The summed E-state index contributed by atoms with van der Waals surface area (Å²) in [5.41, 5.74) is -4.14. The van der Waals surface area contributed by atoms with Crippen LogP contribution in [-0.2, 0) is 15.1 Å². The van der Waals surface area contributed by atoms with Gasteiger partial charge in [-0.25, -0.2) is 4.79 Å². The van der Waals surface area contributed by atoms with E-state index < -0.39 is 29.2 Å². The second-order valence-corrected chi connectivity index (χ2v) is 6.55. The number of anilines is 1. The standard InChI is InChI=1S/C18H14Cl2F3NO4/c1-24(15(25)10-3-8-13(19)14(20)9-10)12-6-4-11(5-7-12)17(27,16(26)28-2)18(21,22)23/h3-9,27H,1-2H3/t17-/m0/s1. The van der Waals surface area contributed by atoms with Gasteiger partial charge in [-0.3, -0.25) is 4.79 Å². The highest BCUT2D eigenvalue weighted by Crippen LogP contribution is 2.40. The van der Waals surface area contributed by atoms with E-state index in [1.807, 2.05) is 0 Å². The second-order valence-electron chi connectivity index (χ2n) is 5.74. The molecule has 2 aromatic rings. The molecule has 0 fully saturated rings. The number of aliphatic hydroxyl groups is 1. The van der Waals surface area contributed by atoms with Crippen molar-refractivity contribution in [3.63, 3.8) is 0 Å². The fraction of sp³-hybridized carbons (Fsp3) is 0.222. The third-order valence-electron chi connectivity index (χ3n) is 4.03. The van der Waals surface area contributed by atoms with Gasteiger partial charge in [0.05, 0.1) is 17.2 Å². The maximum Gasteiger partial charge on any atom is 0.432 e. The van der Waals surface area contributed by atoms with Crippen molar-refractivity contribution in [3.05, 3.63) is 63.6 Å². The molecule has 1 atom stereocenters. The first kappa shape index (κ1) is 22.0. The Kier molecular flexibility index (Phi) is 6.27. The minimum absolute atomic E-state index is 0.171. The lowest BCUT2D eigenvalue weighted by molar-refractivity contribution is -0.266. The van der Waals surface area contributed by atoms with Gasteiger partial charge in [0.25, 0.3) is 11.5 Å². The van der Waals surface area contributed by atoms with Gasteiger partial charge >= 0.3 is 12.1 Å². The van der Waals surface area contributed by atoms with E-state index in [1.54, 1.807) is 0 Å². The molecule has 0 saturated carbocycles. The van der Waals surface area contributed by atoms with Crippen molar-refractivity contribution in [2.24, 2.45) is 0 Å². The fourth-order valence-electron chi connectivity index (χ4n) is 2.41. The lowest BCUT2D eigenvalue weighted by Gasteiger charge is -2.28. The zero-order chi connectivity index (χ0) is 21.3. The van der Waals surface area contributed by atoms with Crippen molar-refractivity contribution in [1.29, 1.82) is 0 Å². The molecular weight excluding hydrogens is 422 g/mol. The number of rotatable bonds is 4. The summed E-state index contributed by atoms with van der Waals surface area (Å²) in [6.45, 7) is 0. The van der Waals surface area contributed by atoms with Crippen LogP contribution in [0.15, 0.2) is 42.5 Å². The van der Waals surface area contributed by atoms with Gasteiger partial charge in [0.1, 0.15) is 0 Å². The third-order valence-corrected chi connectivity index (χ3v) is 4.77. The maximum absolute atomic E-state index is 13.3. The highest BCUT2D eigenvalue weighted by atomic mass is 35.5. The first-order valence-corrected chi connectivity index (χ1v) is 8.40. The number of ether oxygens (including phenoxy) is 1. The average Bonchev–Trinajstić information content (AvgIpc) is 2.66. The molecule has 0 aliphatic carbocycles. The van der Waals surface area contributed by atoms with Crippen molar-refractivity contribution >= 4 is 40.8 Å². The normalized spacial score (nSPS) is 13.6. The number of hydrogen-bond acceptors (Lipinski definition) is 4. The molecule has 0 radical (unpaired) electrons. The van der Waals surface area contributed by atoms with E-state index in [0.29, 0.717) is 0 Å². The molecule has 0 unspecified atom stereocenters. The van der Waals surface area contributed by atoms with Crippen molar-refractivity contribution < 1.29 is 32.6 Å². The van der Waals surface area contributed by atoms with Gasteiger partial charge in [-0.15, -0.1) is 0 Å². The highest BCUT2D eigenvalue weighted by molar-refractivity contribution is 6.42. The van der Waals surface area contributed by atoms with Crippen molar-refractivity contribution in [3.8, 4) is 0 Å². The highest BCUT2D eigenvalue weighted by Gasteiger charge is 2.62. The van der Waals surface area contributed by atoms with Gasteiger partial charge in [0.2, 0.25) is 0 Å². The van der Waals surface area contributed by atoms with Gasteiger partial charge < -0.3 is 14.7 Å². The minimum atomic E-state index is -5.30. The molecular formula is C18H14Cl2F3NO4. The first-order valence-electron chi connectivity index (χ1n) is 7.64. The van der Waals surface area contributed by atoms with Crippen molar-refractivity contribution in [2.45, 2.75) is 11.8 Å². The van der Waals surface area contributed by atoms with Crippen molar-refractivity contribution in [1.82, 2.24) is 0 Å². The van der Waals surface area contributed by atoms with E-state index in [9.17, 15) is 27.9 Å². The number of carbonyl (C=O) groups excluding carboxylic acids is 2. The predicted molar refractivity (Wildman–Crippen MR) is 97.6 cm³/mol. The Bertz CT molecular complexity index is 903. The average molecular weight is 436 g/mol. The number of carbonyl (C=O) groups is 2. The lowest BCUT2D eigenvalue weighted by Crippen LogP contribution is -2.49. The topological polar surface area (TPSA) is 66.8 Å². The maximum atomic E-state index is 13.3. The summed E-state index contributed by atoms with van der Waals surface area (Å²) in [5.74, 6) is -2.36. The van der Waals surface area contributed by atoms with Crippen LogP contribution in [0.2, 0.25) is 10.0 Å². The summed E-state index contributed by atoms with van der Waals surface area (Å²) >= 11 is 11.7. The number of amides is 1. The number of methoxy groups -OCH3 is 1. The number of alkyl halides is 3. The molecule has 10 heteroatoms. The Hall–Kier alpha value is -2.29. The third kappa shape index (κ3) is 3.94. The summed E-state index contributed by atoms with van der Waals surface area (Å²) in [7, 11) is 2.13. The molecule has 0 heterocycles. The van der Waals surface area contributed by atoms with E-state index in [1.165, 1.54) is 25.2 Å². The zero-order valence-corrected chi connectivity index (χ0v) is 16.1. The summed E-state index contributed by atoms with van der Waals surface area (Å²) in [6, 6.07) is 8.33. The van der Waals surface area contributed by atoms with Crippen LogP contribution in [0.3, 0.4) is 0 Å². The molecule has 0 bridgehead atoms. The van der Waals surface area contributed by atoms with Gasteiger partial charge in [0.15, 0.2) is 0 Å². The Morgan fingerprint density at radius 1 is 1.04 bits per heavy atom. The van der Waals surface area contributed by atoms with Gasteiger partial charge in [-0.2, -0.15) is 13.2 Å². The summed E-state index contributed by atoms with van der Waals surface area (Å²) in [5, 5.41) is 10.4. The van der Waals surface area contributed by atoms with Crippen LogP contribution in [0.4, 0.5) is 18.9 Å². The quantitative estimate of drug-likeness (QED) is 0.731. The van der Waals surface area contributed by atoms with Crippen LogP contribution in [0, 0.1) is 0 Å². The van der Waals surface area contributed by atoms with Crippen LogP contribution >= 0.6 is 23.2 Å².